The number of aromatic nitrogens is 11. The van der Waals surface area contributed by atoms with E-state index in [-0.39, 0.29) is 5.43 Å². The number of aromatic amines is 1. The van der Waals surface area contributed by atoms with Crippen molar-refractivity contribution < 1.29 is 17.9 Å². The van der Waals surface area contributed by atoms with E-state index in [0.29, 0.717) is 24.5 Å². The maximum atomic E-state index is 12.8. The number of hydrogen-bond donors (Lipinski definition) is 1. The van der Waals surface area contributed by atoms with Crippen LogP contribution < -0.4 is 10.2 Å². The van der Waals surface area contributed by atoms with Gasteiger partial charge in [-0.3, -0.25) is 34.7 Å². The highest BCUT2D eigenvalue weighted by molar-refractivity contribution is 7.09. The van der Waals surface area contributed by atoms with Crippen LogP contribution in [0.4, 0.5) is 13.2 Å². The molecule has 0 aliphatic carbocycles. The molecule has 0 aromatic carbocycles. The quantitative estimate of drug-likeness (QED) is 0.0393. The van der Waals surface area contributed by atoms with Gasteiger partial charge in [-0.05, 0) is 274 Å². The minimum absolute atomic E-state index is 0.0717. The fraction of sp³-hybridized carbons (Fsp3) is 0.602. The Kier molecular flexibility index (Phi) is 55.1. The predicted molar refractivity (Wildman–Crippen MR) is 492 cm³/mol. The number of pyridine rings is 5. The molecular formula is C88H154F3N27O2S. The van der Waals surface area contributed by atoms with E-state index in [0.717, 1.165) is 180 Å². The van der Waals surface area contributed by atoms with Crippen molar-refractivity contribution in [3.63, 3.8) is 0 Å². The minimum atomic E-state index is -4.33. The third kappa shape index (κ3) is 58.1. The first kappa shape index (κ1) is 111. The van der Waals surface area contributed by atoms with Gasteiger partial charge in [0.1, 0.15) is 28.7 Å². The van der Waals surface area contributed by atoms with Crippen LogP contribution in [-0.2, 0) is 111 Å². The number of thiazole rings is 1. The van der Waals surface area contributed by atoms with Crippen molar-refractivity contribution in [1.29, 1.82) is 0 Å². The lowest BCUT2D eigenvalue weighted by Gasteiger charge is -2.16. The second kappa shape index (κ2) is 59.9. The first-order chi connectivity index (χ1) is 56.4. The third-order valence-electron chi connectivity index (χ3n) is 15.6. The van der Waals surface area contributed by atoms with Gasteiger partial charge in [-0.15, -0.1) is 11.3 Å². The summed E-state index contributed by atoms with van der Waals surface area (Å²) >= 11 is 1.74. The largest absolute Gasteiger partial charge is 0.497 e. The topological polar surface area (TPSA) is 223 Å². The molecule has 29 nitrogen and oxygen atoms in total. The Morgan fingerprint density at radius 3 is 0.975 bits per heavy atom. The molecule has 0 bridgehead atoms. The number of H-pyrrole nitrogens is 1. The number of nitrogens with one attached hydrogen (secondary N) is 1. The molecule has 8 aromatic rings. The highest BCUT2D eigenvalue weighted by atomic mass is 32.1. The van der Waals surface area contributed by atoms with Gasteiger partial charge in [0.05, 0.1) is 77.0 Å². The standard InChI is InChI=1S/C13H23N3.C12H18F3N3.C12H21N3O.C12H21N3.C11H19N3O.C10H18N4.C9H17N5.C9H17N3S/c1-15(2)10-8-12-6-5-7-13(14-12)9-11-16(3)4;1-17(2)7-10-5-9(12(13,14)15)6-11(16-10)8-18(3)4;1-14(2)8-10-6-12(16-5)7-11(13-10)9-15(3)4;1-10-6-11(8-14(2)3)13-12(7-10)9-15(4)5;1-13(2)7-9-5-11(15)6-10(12-9)8-14(3)4;1-13(2)7-9-5-11-6-10(12-9)8-14(3)4;1-13(2)5-8-10-7-11-9(12-8)6-14(3)4;1-11(2)5-8-7-13-9(10-8)6-12(3)4/h5-7H,8-11H2,1-4H3;5-6H,7-8H2,1-4H3;6-7H,8-9H2,1-5H3;6-7H,8-9H2,1-5H3;5-6H,7-8H2,1-4H3,(H,12,15);5-6H,7-8H2,1-4H3;7H,5-6H2,1-4H3;7H,5-6H2,1-4H3. The number of hydrogen-bond acceptors (Lipinski definition) is 29. The van der Waals surface area contributed by atoms with Crippen LogP contribution >= 0.6 is 11.3 Å². The number of halogens is 3. The Hall–Kier alpha value is -7.78. The van der Waals surface area contributed by atoms with Crippen LogP contribution in [0.3, 0.4) is 0 Å². The molecule has 0 saturated heterocycles. The van der Waals surface area contributed by atoms with Crippen molar-refractivity contribution in [3.05, 3.63) is 203 Å². The second-order valence-electron chi connectivity index (χ2n) is 34.4. The Morgan fingerprint density at radius 1 is 0.347 bits per heavy atom. The molecule has 0 atom stereocenters. The fourth-order valence-electron chi connectivity index (χ4n) is 11.2. The Morgan fingerprint density at radius 2 is 0.653 bits per heavy atom. The molecule has 8 rings (SSSR count). The van der Waals surface area contributed by atoms with Crippen molar-refractivity contribution in [1.82, 2.24) is 133 Å². The van der Waals surface area contributed by atoms with Gasteiger partial charge in [0.25, 0.3) is 0 Å². The number of ether oxygens (including phenoxy) is 1. The second-order valence-corrected chi connectivity index (χ2v) is 35.4. The molecule has 0 saturated carbocycles. The van der Waals surface area contributed by atoms with Gasteiger partial charge in [-0.2, -0.15) is 13.2 Å². The van der Waals surface area contributed by atoms with E-state index in [1.807, 2.05) is 157 Å². The predicted octanol–water partition coefficient (Wildman–Crippen LogP) is 8.60. The maximum absolute atomic E-state index is 12.8. The van der Waals surface area contributed by atoms with E-state index < -0.39 is 11.7 Å². The zero-order valence-corrected chi connectivity index (χ0v) is 81.2. The van der Waals surface area contributed by atoms with E-state index in [9.17, 15) is 18.0 Å². The number of nitrogens with zero attached hydrogens (tertiary/aromatic N) is 26. The van der Waals surface area contributed by atoms with Crippen molar-refractivity contribution in [2.45, 2.75) is 118 Å². The summed E-state index contributed by atoms with van der Waals surface area (Å²) in [5.74, 6) is 2.52. The van der Waals surface area contributed by atoms with Crippen molar-refractivity contribution in [2.75, 3.05) is 246 Å². The van der Waals surface area contributed by atoms with Gasteiger partial charge in [-0.25, -0.2) is 19.9 Å². The zero-order valence-electron chi connectivity index (χ0n) is 80.4. The van der Waals surface area contributed by atoms with E-state index >= 15 is 0 Å². The van der Waals surface area contributed by atoms with E-state index in [1.54, 1.807) is 74.9 Å². The van der Waals surface area contributed by atoms with E-state index in [4.69, 9.17) is 4.74 Å². The van der Waals surface area contributed by atoms with Gasteiger partial charge in [0.2, 0.25) is 0 Å². The molecule has 0 aliphatic heterocycles. The summed E-state index contributed by atoms with van der Waals surface area (Å²) in [6, 6.07) is 20.1. The van der Waals surface area contributed by atoms with Crippen molar-refractivity contribution in [3.8, 4) is 5.75 Å². The normalized spacial score (nSPS) is 11.5. The molecule has 1 N–H and O–H groups in total. The molecule has 0 spiro atoms. The van der Waals surface area contributed by atoms with Gasteiger partial charge in [0, 0.05) is 169 Å². The smallest absolute Gasteiger partial charge is 0.416 e. The molecular weight excluding hydrogens is 1560 g/mol. The number of methoxy groups -OCH3 is 1. The minimum Gasteiger partial charge on any atom is -0.497 e. The van der Waals surface area contributed by atoms with Gasteiger partial charge in [0.15, 0.2) is 5.43 Å². The first-order valence-electron chi connectivity index (χ1n) is 40.4. The molecule has 0 amide bonds. The number of aryl methyl sites for hydroxylation is 1. The molecule has 0 radical (unpaired) electrons. The summed E-state index contributed by atoms with van der Waals surface area (Å²) in [4.78, 5) is 91.6. The first-order valence-corrected chi connectivity index (χ1v) is 41.3. The van der Waals surface area contributed by atoms with Crippen LogP contribution in [0.15, 0.2) is 95.6 Å². The Balaban J connectivity index is 0.000000692. The summed E-state index contributed by atoms with van der Waals surface area (Å²) in [7, 11) is 65.9. The van der Waals surface area contributed by atoms with Crippen molar-refractivity contribution in [2.24, 2.45) is 0 Å². The molecule has 0 fully saturated rings. The monoisotopic (exact) mass is 1710 g/mol. The number of rotatable bonds is 35. The van der Waals surface area contributed by atoms with Crippen LogP contribution in [0.2, 0.25) is 0 Å². The SMILES string of the molecule is CN(C)CCc1cccc(CCN(C)C)n1.CN(C)Cc1cc(=O)cc(CN(C)C)[nH]1.CN(C)Cc1cc(C(F)(F)F)cc(CN(C)C)n1.CN(C)Cc1cncc(CN(C)C)n1.CN(C)Cc1csc(CN(C)C)n1.CN(C)Cc1ncnc(CN(C)C)n1.COc1cc(CN(C)C)nc(CN(C)C)c1.Cc1cc(CN(C)C)nc(CN(C)C)c1. The average Bonchev–Trinajstić information content (AvgIpc) is 1.37. The fourth-order valence-corrected chi connectivity index (χ4v) is 12.1. The molecule has 680 valence electrons. The highest BCUT2D eigenvalue weighted by Crippen LogP contribution is 2.30. The number of likely N-dealkylation sites (N-methyl/N-ethyl adjacent to an activating group) is 2. The summed E-state index contributed by atoms with van der Waals surface area (Å²) in [5, 5.41) is 3.33. The third-order valence-corrected chi connectivity index (χ3v) is 16.5. The van der Waals surface area contributed by atoms with Gasteiger partial charge < -0.3 is 88.1 Å². The van der Waals surface area contributed by atoms with E-state index in [2.05, 4.69) is 231 Å². The molecule has 8 aromatic heterocycles. The van der Waals surface area contributed by atoms with Crippen LogP contribution in [0.25, 0.3) is 0 Å². The van der Waals surface area contributed by atoms with Crippen LogP contribution in [-0.4, -0.2) is 379 Å². The molecule has 8 heterocycles. The lowest BCUT2D eigenvalue weighted by Crippen LogP contribution is -2.18. The van der Waals surface area contributed by atoms with Crippen LogP contribution in [0, 0.1) is 6.92 Å². The maximum Gasteiger partial charge on any atom is 0.416 e. The average molecular weight is 1710 g/mol. The Labute approximate surface area is 730 Å². The molecule has 33 heteroatoms. The lowest BCUT2D eigenvalue weighted by atomic mass is 10.1. The summed E-state index contributed by atoms with van der Waals surface area (Å²) in [6.45, 7) is 15.1. The zero-order chi connectivity index (χ0) is 91.8. The van der Waals surface area contributed by atoms with Gasteiger partial charge >= 0.3 is 6.18 Å². The van der Waals surface area contributed by atoms with E-state index in [1.165, 1.54) is 27.7 Å². The Bertz CT molecular complexity index is 3850. The lowest BCUT2D eigenvalue weighted by molar-refractivity contribution is -0.137. The summed E-state index contributed by atoms with van der Waals surface area (Å²) < 4.78 is 43.6. The molecule has 121 heavy (non-hydrogen) atoms. The van der Waals surface area contributed by atoms with Crippen LogP contribution in [0.5, 0.6) is 5.75 Å². The van der Waals surface area contributed by atoms with Crippen molar-refractivity contribution >= 4 is 11.3 Å². The van der Waals surface area contributed by atoms with Gasteiger partial charge in [-0.1, -0.05) is 6.07 Å². The molecule has 0 aliphatic rings. The van der Waals surface area contributed by atoms with Crippen LogP contribution in [0.1, 0.15) is 102 Å². The highest BCUT2D eigenvalue weighted by Gasteiger charge is 2.32. The molecule has 0 unspecified atom stereocenters. The summed E-state index contributed by atoms with van der Waals surface area (Å²) in [5.41, 5.74) is 13.5. The summed E-state index contributed by atoms with van der Waals surface area (Å²) in [6.07, 6.45) is 2.94. The number of alkyl halides is 3.